The first-order valence-electron chi connectivity index (χ1n) is 7.38. The van der Waals surface area contributed by atoms with Gasteiger partial charge in [0.05, 0.1) is 17.4 Å². The molecule has 0 amide bonds. The Labute approximate surface area is 130 Å². The second kappa shape index (κ2) is 4.60. The van der Waals surface area contributed by atoms with E-state index in [2.05, 4.69) is 25.8 Å². The summed E-state index contributed by atoms with van der Waals surface area (Å²) >= 11 is 5.84. The minimum atomic E-state index is -0.397. The SMILES string of the molecule is CC1(C)C2CCC1(C)C(OC(=O)c1cc(Cl)ncc1N)C2. The zero-order chi connectivity index (χ0) is 15.4. The maximum Gasteiger partial charge on any atom is 0.340 e. The van der Waals surface area contributed by atoms with Crippen molar-refractivity contribution in [3.8, 4) is 0 Å². The van der Waals surface area contributed by atoms with Crippen LogP contribution < -0.4 is 5.73 Å². The van der Waals surface area contributed by atoms with Crippen LogP contribution in [-0.4, -0.2) is 17.1 Å². The summed E-state index contributed by atoms with van der Waals surface area (Å²) in [5, 5.41) is 0.246. The zero-order valence-electron chi connectivity index (χ0n) is 12.6. The second-order valence-corrected chi connectivity index (χ2v) is 7.49. The van der Waals surface area contributed by atoms with E-state index in [4.69, 9.17) is 22.1 Å². The third-order valence-electron chi connectivity index (χ3n) is 6.08. The first-order chi connectivity index (χ1) is 9.75. The summed E-state index contributed by atoms with van der Waals surface area (Å²) in [5.41, 5.74) is 6.66. The molecule has 0 aromatic carbocycles. The van der Waals surface area contributed by atoms with E-state index >= 15 is 0 Å². The number of anilines is 1. The van der Waals surface area contributed by atoms with Crippen LogP contribution in [0.1, 0.15) is 50.4 Å². The minimum absolute atomic E-state index is 0.0406. The van der Waals surface area contributed by atoms with E-state index in [1.807, 2.05) is 0 Å². The molecule has 2 aliphatic carbocycles. The van der Waals surface area contributed by atoms with Gasteiger partial charge >= 0.3 is 5.97 Å². The lowest BCUT2D eigenvalue weighted by molar-refractivity contribution is -0.0241. The fourth-order valence-corrected chi connectivity index (χ4v) is 4.28. The van der Waals surface area contributed by atoms with E-state index in [1.165, 1.54) is 18.7 Å². The first-order valence-corrected chi connectivity index (χ1v) is 7.75. The van der Waals surface area contributed by atoms with Crippen molar-refractivity contribution in [2.45, 2.75) is 46.1 Å². The van der Waals surface area contributed by atoms with Crippen LogP contribution in [0.3, 0.4) is 0 Å². The Kier molecular flexibility index (Phi) is 3.21. The highest BCUT2D eigenvalue weighted by atomic mass is 35.5. The van der Waals surface area contributed by atoms with Gasteiger partial charge in [0.2, 0.25) is 0 Å². The molecule has 1 aromatic heterocycles. The van der Waals surface area contributed by atoms with E-state index in [9.17, 15) is 4.79 Å². The van der Waals surface area contributed by atoms with Crippen molar-refractivity contribution >= 4 is 23.3 Å². The summed E-state index contributed by atoms with van der Waals surface area (Å²) in [6.45, 7) is 6.81. The van der Waals surface area contributed by atoms with Gasteiger partial charge in [0, 0.05) is 5.41 Å². The Morgan fingerprint density at radius 2 is 2.19 bits per heavy atom. The van der Waals surface area contributed by atoms with Gasteiger partial charge in [0.15, 0.2) is 0 Å². The monoisotopic (exact) mass is 308 g/mol. The molecule has 4 nitrogen and oxygen atoms in total. The van der Waals surface area contributed by atoms with Crippen LogP contribution in [0.5, 0.6) is 0 Å². The molecule has 1 heterocycles. The van der Waals surface area contributed by atoms with E-state index < -0.39 is 5.97 Å². The third kappa shape index (κ3) is 2.03. The van der Waals surface area contributed by atoms with Gasteiger partial charge in [-0.25, -0.2) is 9.78 Å². The van der Waals surface area contributed by atoms with Crippen molar-refractivity contribution in [1.29, 1.82) is 0 Å². The lowest BCUT2D eigenvalue weighted by Crippen LogP contribution is -2.38. The Morgan fingerprint density at radius 3 is 2.76 bits per heavy atom. The van der Waals surface area contributed by atoms with E-state index in [0.29, 0.717) is 17.2 Å². The van der Waals surface area contributed by atoms with Gasteiger partial charge in [-0.3, -0.25) is 0 Å². The van der Waals surface area contributed by atoms with Gasteiger partial charge in [-0.1, -0.05) is 32.4 Å². The minimum Gasteiger partial charge on any atom is -0.458 e. The molecule has 2 bridgehead atoms. The summed E-state index contributed by atoms with van der Waals surface area (Å²) in [7, 11) is 0. The summed E-state index contributed by atoms with van der Waals surface area (Å²) in [6, 6.07) is 1.47. The van der Waals surface area contributed by atoms with Crippen LogP contribution >= 0.6 is 11.6 Å². The summed E-state index contributed by atoms with van der Waals surface area (Å²) < 4.78 is 5.80. The maximum atomic E-state index is 12.4. The van der Waals surface area contributed by atoms with Crippen molar-refractivity contribution in [3.63, 3.8) is 0 Å². The van der Waals surface area contributed by atoms with Crippen molar-refractivity contribution in [2.24, 2.45) is 16.7 Å². The molecule has 114 valence electrons. The van der Waals surface area contributed by atoms with Crippen LogP contribution in [-0.2, 0) is 4.74 Å². The Bertz CT molecular complexity index is 602. The number of rotatable bonds is 2. The molecule has 21 heavy (non-hydrogen) atoms. The fraction of sp³-hybridized carbons (Fsp3) is 0.625. The number of esters is 1. The van der Waals surface area contributed by atoms with Crippen LogP contribution in [0.25, 0.3) is 0 Å². The standard InChI is InChI=1S/C16H21ClN2O2/c1-15(2)9-4-5-16(15,3)12(6-9)21-14(20)10-7-13(17)19-8-11(10)18/h7-9,12H,4-6,18H2,1-3H3. The number of aromatic nitrogens is 1. The average Bonchev–Trinajstić information content (AvgIpc) is 2.74. The molecular weight excluding hydrogens is 288 g/mol. The van der Waals surface area contributed by atoms with Crippen molar-refractivity contribution < 1.29 is 9.53 Å². The third-order valence-corrected chi connectivity index (χ3v) is 6.29. The lowest BCUT2D eigenvalue weighted by Gasteiger charge is -2.38. The predicted octanol–water partition coefficient (Wildman–Crippen LogP) is 3.69. The molecule has 2 N–H and O–H groups in total. The lowest BCUT2D eigenvalue weighted by atomic mass is 9.70. The normalized spacial score (nSPS) is 33.1. The molecule has 3 rings (SSSR count). The summed E-state index contributed by atoms with van der Waals surface area (Å²) in [5.74, 6) is 0.227. The Morgan fingerprint density at radius 1 is 1.48 bits per heavy atom. The number of pyridine rings is 1. The van der Waals surface area contributed by atoms with Gasteiger partial charge in [-0.2, -0.15) is 0 Å². The van der Waals surface area contributed by atoms with Gasteiger partial charge in [0.25, 0.3) is 0 Å². The molecule has 2 fully saturated rings. The fourth-order valence-electron chi connectivity index (χ4n) is 4.12. The molecular formula is C16H21ClN2O2. The van der Waals surface area contributed by atoms with E-state index in [0.717, 1.165) is 12.8 Å². The van der Waals surface area contributed by atoms with Crippen molar-refractivity contribution in [2.75, 3.05) is 5.73 Å². The van der Waals surface area contributed by atoms with E-state index in [1.54, 1.807) is 0 Å². The predicted molar refractivity (Wildman–Crippen MR) is 82.1 cm³/mol. The number of nitrogen functional groups attached to an aromatic ring is 1. The molecule has 1 aromatic rings. The highest BCUT2D eigenvalue weighted by Gasteiger charge is 2.62. The van der Waals surface area contributed by atoms with Crippen LogP contribution in [0.4, 0.5) is 5.69 Å². The number of ether oxygens (including phenoxy) is 1. The molecule has 2 aliphatic rings. The molecule has 0 radical (unpaired) electrons. The smallest absolute Gasteiger partial charge is 0.340 e. The molecule has 0 aliphatic heterocycles. The quantitative estimate of drug-likeness (QED) is 0.668. The summed E-state index contributed by atoms with van der Waals surface area (Å²) in [4.78, 5) is 16.3. The number of carbonyl (C=O) groups is 1. The number of hydrogen-bond donors (Lipinski definition) is 1. The molecule has 2 saturated carbocycles. The number of fused-ring (bicyclic) bond motifs is 2. The zero-order valence-corrected chi connectivity index (χ0v) is 13.4. The van der Waals surface area contributed by atoms with Crippen LogP contribution in [0.2, 0.25) is 5.15 Å². The Balaban J connectivity index is 1.82. The highest BCUT2D eigenvalue weighted by molar-refractivity contribution is 6.29. The van der Waals surface area contributed by atoms with Crippen LogP contribution in [0.15, 0.2) is 12.3 Å². The Hall–Kier alpha value is -1.29. The molecule has 5 heteroatoms. The molecule has 3 unspecified atom stereocenters. The molecule has 0 spiro atoms. The average molecular weight is 309 g/mol. The highest BCUT2D eigenvalue weighted by Crippen LogP contribution is 2.66. The largest absolute Gasteiger partial charge is 0.458 e. The van der Waals surface area contributed by atoms with Gasteiger partial charge in [0.1, 0.15) is 11.3 Å². The second-order valence-electron chi connectivity index (χ2n) is 7.10. The number of halogens is 1. The first kappa shape index (κ1) is 14.6. The van der Waals surface area contributed by atoms with Gasteiger partial charge < -0.3 is 10.5 Å². The van der Waals surface area contributed by atoms with Crippen molar-refractivity contribution in [1.82, 2.24) is 4.98 Å². The van der Waals surface area contributed by atoms with E-state index in [-0.39, 0.29) is 22.1 Å². The van der Waals surface area contributed by atoms with Crippen LogP contribution in [0, 0.1) is 16.7 Å². The number of nitrogens with two attached hydrogens (primary N) is 1. The number of nitrogens with zero attached hydrogens (tertiary/aromatic N) is 1. The molecule has 0 saturated heterocycles. The number of carbonyl (C=O) groups excluding carboxylic acids is 1. The summed E-state index contributed by atoms with van der Waals surface area (Å²) in [6.07, 6.45) is 4.61. The topological polar surface area (TPSA) is 65.2 Å². The number of hydrogen-bond acceptors (Lipinski definition) is 4. The molecule has 3 atom stereocenters. The van der Waals surface area contributed by atoms with Crippen molar-refractivity contribution in [3.05, 3.63) is 23.0 Å². The van der Waals surface area contributed by atoms with Gasteiger partial charge in [-0.15, -0.1) is 0 Å². The maximum absolute atomic E-state index is 12.4. The van der Waals surface area contributed by atoms with Gasteiger partial charge in [-0.05, 0) is 36.7 Å².